The predicted molar refractivity (Wildman–Crippen MR) is 76.3 cm³/mol. The molecule has 0 radical (unpaired) electrons. The summed E-state index contributed by atoms with van der Waals surface area (Å²) in [5.41, 5.74) is 0. The van der Waals surface area contributed by atoms with Crippen LogP contribution in [0.5, 0.6) is 0 Å². The van der Waals surface area contributed by atoms with E-state index in [0.29, 0.717) is 4.31 Å². The lowest BCUT2D eigenvalue weighted by molar-refractivity contribution is -0.137. The molecule has 1 N–H and O–H groups in total. The zero-order valence-electron chi connectivity index (χ0n) is 12.2. The van der Waals surface area contributed by atoms with Gasteiger partial charge in [-0.3, -0.25) is 4.79 Å². The highest BCUT2D eigenvalue weighted by atomic mass is 32.2. The standard InChI is InChI=1S/C12H15F2NO6S2/c1-8(2)15(7-11(16)17)23(20,21)10-6-4-3-5-9(10)22(18,19)12(13)14/h3-6,8,12H,7H2,1-2H3,(H,16,17). The third-order valence-corrected chi connectivity index (χ3v) is 6.49. The Labute approximate surface area is 132 Å². The van der Waals surface area contributed by atoms with Crippen molar-refractivity contribution in [3.05, 3.63) is 24.3 Å². The quantitative estimate of drug-likeness (QED) is 0.771. The molecule has 0 spiro atoms. The lowest BCUT2D eigenvalue weighted by atomic mass is 10.4. The van der Waals surface area contributed by atoms with Gasteiger partial charge in [0.1, 0.15) is 11.4 Å². The second kappa shape index (κ2) is 6.89. The van der Waals surface area contributed by atoms with Crippen molar-refractivity contribution in [2.24, 2.45) is 0 Å². The summed E-state index contributed by atoms with van der Waals surface area (Å²) in [7, 11) is -9.77. The fourth-order valence-corrected chi connectivity index (χ4v) is 4.93. The highest BCUT2D eigenvalue weighted by Gasteiger charge is 2.37. The van der Waals surface area contributed by atoms with Gasteiger partial charge in [0, 0.05) is 6.04 Å². The van der Waals surface area contributed by atoms with Gasteiger partial charge >= 0.3 is 11.7 Å². The Hall–Kier alpha value is -1.59. The van der Waals surface area contributed by atoms with Crippen molar-refractivity contribution in [1.82, 2.24) is 4.31 Å². The summed E-state index contributed by atoms with van der Waals surface area (Å²) in [6.07, 6.45) is 0. The molecule has 0 fully saturated rings. The van der Waals surface area contributed by atoms with Crippen LogP contribution in [0.15, 0.2) is 34.1 Å². The SMILES string of the molecule is CC(C)N(CC(=O)O)S(=O)(=O)c1ccccc1S(=O)(=O)C(F)F. The summed E-state index contributed by atoms with van der Waals surface area (Å²) in [4.78, 5) is 8.89. The first-order valence-corrected chi connectivity index (χ1v) is 9.25. The van der Waals surface area contributed by atoms with E-state index in [4.69, 9.17) is 5.11 Å². The van der Waals surface area contributed by atoms with E-state index in [2.05, 4.69) is 0 Å². The molecule has 1 aromatic carbocycles. The highest BCUT2D eigenvalue weighted by molar-refractivity contribution is 7.93. The molecule has 0 heterocycles. The molecular weight excluding hydrogens is 356 g/mol. The number of carbonyl (C=O) groups is 1. The largest absolute Gasteiger partial charge is 0.480 e. The third-order valence-electron chi connectivity index (χ3n) is 2.84. The van der Waals surface area contributed by atoms with Gasteiger partial charge in [-0.15, -0.1) is 0 Å². The minimum Gasteiger partial charge on any atom is -0.480 e. The van der Waals surface area contributed by atoms with Crippen LogP contribution in [0.2, 0.25) is 0 Å². The Morgan fingerprint density at radius 3 is 2.00 bits per heavy atom. The van der Waals surface area contributed by atoms with Crippen LogP contribution in [-0.4, -0.2) is 50.6 Å². The molecule has 0 amide bonds. The zero-order valence-corrected chi connectivity index (χ0v) is 13.8. The molecule has 0 saturated carbocycles. The topological polar surface area (TPSA) is 109 Å². The maximum absolute atomic E-state index is 12.7. The molecule has 0 aliphatic heterocycles. The molecule has 0 unspecified atom stereocenters. The molecule has 0 atom stereocenters. The molecule has 11 heteroatoms. The van der Waals surface area contributed by atoms with Gasteiger partial charge in [0.25, 0.3) is 0 Å². The summed E-state index contributed by atoms with van der Waals surface area (Å²) in [5.74, 6) is -5.26. The number of carboxylic acid groups (broad SMARTS) is 1. The number of halogens is 2. The van der Waals surface area contributed by atoms with Gasteiger partial charge in [-0.25, -0.2) is 16.8 Å². The monoisotopic (exact) mass is 371 g/mol. The first-order valence-electron chi connectivity index (χ1n) is 6.27. The van der Waals surface area contributed by atoms with E-state index in [9.17, 15) is 30.4 Å². The predicted octanol–water partition coefficient (Wildman–Crippen LogP) is 1.17. The highest BCUT2D eigenvalue weighted by Crippen LogP contribution is 2.28. The second-order valence-electron chi connectivity index (χ2n) is 4.79. The van der Waals surface area contributed by atoms with Crippen molar-refractivity contribution in [3.63, 3.8) is 0 Å². The van der Waals surface area contributed by atoms with E-state index < -0.39 is 54.0 Å². The number of alkyl halides is 2. The molecule has 23 heavy (non-hydrogen) atoms. The number of hydrogen-bond donors (Lipinski definition) is 1. The van der Waals surface area contributed by atoms with Crippen molar-refractivity contribution in [1.29, 1.82) is 0 Å². The number of rotatable bonds is 7. The van der Waals surface area contributed by atoms with Crippen LogP contribution in [-0.2, 0) is 24.7 Å². The number of sulfone groups is 1. The molecular formula is C12H15F2NO6S2. The molecule has 0 bridgehead atoms. The minimum absolute atomic E-state index is 0.523. The Balaban J connectivity index is 3.60. The lowest BCUT2D eigenvalue weighted by Crippen LogP contribution is -2.41. The van der Waals surface area contributed by atoms with Gasteiger partial charge in [-0.05, 0) is 26.0 Å². The third kappa shape index (κ3) is 4.03. The Morgan fingerprint density at radius 1 is 1.13 bits per heavy atom. The van der Waals surface area contributed by atoms with Crippen LogP contribution in [0, 0.1) is 0 Å². The molecule has 1 aromatic rings. The first-order chi connectivity index (χ1) is 10.4. The van der Waals surface area contributed by atoms with Crippen molar-refractivity contribution in [2.75, 3.05) is 6.54 Å². The van der Waals surface area contributed by atoms with Crippen LogP contribution >= 0.6 is 0 Å². The minimum atomic E-state index is -5.16. The fourth-order valence-electron chi connectivity index (χ4n) is 1.80. The normalized spacial score (nSPS) is 13.0. The van der Waals surface area contributed by atoms with E-state index in [1.54, 1.807) is 0 Å². The number of carboxylic acids is 1. The van der Waals surface area contributed by atoms with Crippen LogP contribution < -0.4 is 0 Å². The molecule has 0 aromatic heterocycles. The number of hydrogen-bond acceptors (Lipinski definition) is 5. The average molecular weight is 371 g/mol. The van der Waals surface area contributed by atoms with Crippen molar-refractivity contribution >= 4 is 25.8 Å². The number of aliphatic carboxylic acids is 1. The Kier molecular flexibility index (Phi) is 5.83. The fraction of sp³-hybridized carbons (Fsp3) is 0.417. The molecule has 1 rings (SSSR count). The zero-order chi connectivity index (χ0) is 18.0. The maximum atomic E-state index is 12.7. The Morgan fingerprint density at radius 2 is 1.61 bits per heavy atom. The van der Waals surface area contributed by atoms with Gasteiger partial charge in [-0.1, -0.05) is 12.1 Å². The molecule has 130 valence electrons. The van der Waals surface area contributed by atoms with Gasteiger partial charge < -0.3 is 5.11 Å². The number of benzene rings is 1. The number of nitrogens with zero attached hydrogens (tertiary/aromatic N) is 1. The molecule has 0 saturated heterocycles. The van der Waals surface area contributed by atoms with Crippen molar-refractivity contribution in [2.45, 2.75) is 35.4 Å². The average Bonchev–Trinajstić information content (AvgIpc) is 2.44. The van der Waals surface area contributed by atoms with Crippen molar-refractivity contribution in [3.8, 4) is 0 Å². The summed E-state index contributed by atoms with van der Waals surface area (Å²) < 4.78 is 74.4. The second-order valence-corrected chi connectivity index (χ2v) is 8.54. The van der Waals surface area contributed by atoms with E-state index in [-0.39, 0.29) is 0 Å². The van der Waals surface area contributed by atoms with E-state index in [1.165, 1.54) is 13.8 Å². The van der Waals surface area contributed by atoms with Gasteiger partial charge in [0.2, 0.25) is 19.9 Å². The summed E-state index contributed by atoms with van der Waals surface area (Å²) in [5, 5.41) is 8.82. The van der Waals surface area contributed by atoms with Gasteiger partial charge in [0.05, 0.1) is 4.90 Å². The summed E-state index contributed by atoms with van der Waals surface area (Å²) >= 11 is 0. The van der Waals surface area contributed by atoms with Crippen LogP contribution in [0.1, 0.15) is 13.8 Å². The van der Waals surface area contributed by atoms with Crippen LogP contribution in [0.4, 0.5) is 8.78 Å². The summed E-state index contributed by atoms with van der Waals surface area (Å²) in [6, 6.07) is 3.04. The van der Waals surface area contributed by atoms with Crippen LogP contribution in [0.25, 0.3) is 0 Å². The van der Waals surface area contributed by atoms with Crippen LogP contribution in [0.3, 0.4) is 0 Å². The first kappa shape index (κ1) is 19.5. The molecule has 7 nitrogen and oxygen atoms in total. The summed E-state index contributed by atoms with van der Waals surface area (Å²) in [6.45, 7) is 1.83. The van der Waals surface area contributed by atoms with E-state index in [1.807, 2.05) is 0 Å². The van der Waals surface area contributed by atoms with E-state index in [0.717, 1.165) is 24.3 Å². The lowest BCUT2D eigenvalue weighted by Gasteiger charge is -2.25. The molecule has 0 aliphatic carbocycles. The molecule has 0 aliphatic rings. The van der Waals surface area contributed by atoms with E-state index >= 15 is 0 Å². The van der Waals surface area contributed by atoms with Crippen molar-refractivity contribution < 1.29 is 35.5 Å². The smallest absolute Gasteiger partial charge is 0.341 e. The van der Waals surface area contributed by atoms with Gasteiger partial charge in [-0.2, -0.15) is 13.1 Å². The van der Waals surface area contributed by atoms with Gasteiger partial charge in [0.15, 0.2) is 0 Å². The number of sulfonamides is 1. The Bertz CT molecular complexity index is 790. The maximum Gasteiger partial charge on any atom is 0.341 e.